The maximum absolute atomic E-state index is 12.7. The first-order valence-corrected chi connectivity index (χ1v) is 8.22. The summed E-state index contributed by atoms with van der Waals surface area (Å²) >= 11 is 0. The summed E-state index contributed by atoms with van der Waals surface area (Å²) < 4.78 is 40.5. The van der Waals surface area contributed by atoms with E-state index in [0.717, 1.165) is 6.42 Å². The maximum atomic E-state index is 12.7. The molecule has 2 aromatic rings. The van der Waals surface area contributed by atoms with Crippen molar-refractivity contribution in [3.8, 4) is 22.6 Å². The van der Waals surface area contributed by atoms with Crippen LogP contribution in [0.4, 0.5) is 14.5 Å². The summed E-state index contributed by atoms with van der Waals surface area (Å²) in [6, 6.07) is 11.5. The number of methoxy groups -OCH3 is 1. The van der Waals surface area contributed by atoms with E-state index in [0.29, 0.717) is 35.6 Å². The number of rotatable bonds is 6. The maximum Gasteiger partial charge on any atom is 0.387 e. The van der Waals surface area contributed by atoms with Crippen molar-refractivity contribution < 1.29 is 27.8 Å². The molecule has 0 aliphatic carbocycles. The Hall–Kier alpha value is -2.67. The van der Waals surface area contributed by atoms with E-state index in [-0.39, 0.29) is 11.7 Å². The van der Waals surface area contributed by atoms with E-state index in [1.165, 1.54) is 12.1 Å². The van der Waals surface area contributed by atoms with Crippen molar-refractivity contribution in [2.24, 2.45) is 0 Å². The van der Waals surface area contributed by atoms with Crippen molar-refractivity contribution in [2.75, 3.05) is 19.0 Å². The molecule has 26 heavy (non-hydrogen) atoms. The van der Waals surface area contributed by atoms with Crippen LogP contribution >= 0.6 is 0 Å². The lowest BCUT2D eigenvalue weighted by molar-refractivity contribution is -0.124. The highest BCUT2D eigenvalue weighted by Crippen LogP contribution is 2.34. The van der Waals surface area contributed by atoms with Gasteiger partial charge in [-0.3, -0.25) is 4.79 Å². The lowest BCUT2D eigenvalue weighted by atomic mass is 10.0. The first-order valence-electron chi connectivity index (χ1n) is 8.22. The number of halogens is 2. The number of carbonyl (C=O) groups excluding carboxylic acids is 1. The van der Waals surface area contributed by atoms with Gasteiger partial charge < -0.3 is 19.5 Å². The van der Waals surface area contributed by atoms with E-state index in [9.17, 15) is 13.6 Å². The van der Waals surface area contributed by atoms with Crippen LogP contribution < -0.4 is 14.8 Å². The second kappa shape index (κ2) is 8.14. The van der Waals surface area contributed by atoms with Gasteiger partial charge in [0.2, 0.25) is 0 Å². The topological polar surface area (TPSA) is 56.8 Å². The van der Waals surface area contributed by atoms with Gasteiger partial charge in [-0.05, 0) is 48.7 Å². The van der Waals surface area contributed by atoms with Crippen LogP contribution in [-0.4, -0.2) is 32.3 Å². The lowest BCUT2D eigenvalue weighted by Gasteiger charge is -2.15. The Morgan fingerprint density at radius 2 is 2.00 bits per heavy atom. The number of hydrogen-bond donors (Lipinski definition) is 1. The first-order chi connectivity index (χ1) is 12.6. The number of alkyl halides is 2. The summed E-state index contributed by atoms with van der Waals surface area (Å²) in [7, 11) is 1.54. The monoisotopic (exact) mass is 363 g/mol. The van der Waals surface area contributed by atoms with Gasteiger partial charge in [-0.25, -0.2) is 0 Å². The van der Waals surface area contributed by atoms with Crippen LogP contribution in [0.15, 0.2) is 42.5 Å². The predicted octanol–water partition coefficient (Wildman–Crippen LogP) is 4.08. The Morgan fingerprint density at radius 3 is 2.62 bits per heavy atom. The number of hydrogen-bond acceptors (Lipinski definition) is 4. The van der Waals surface area contributed by atoms with Crippen molar-refractivity contribution in [2.45, 2.75) is 25.6 Å². The number of amides is 1. The minimum atomic E-state index is -2.95. The highest BCUT2D eigenvalue weighted by atomic mass is 19.3. The normalized spacial score (nSPS) is 16.5. The van der Waals surface area contributed by atoms with Crippen molar-refractivity contribution in [3.63, 3.8) is 0 Å². The molecule has 0 aromatic heterocycles. The zero-order chi connectivity index (χ0) is 18.5. The average molecular weight is 363 g/mol. The van der Waals surface area contributed by atoms with Gasteiger partial charge in [-0.1, -0.05) is 12.1 Å². The van der Waals surface area contributed by atoms with Gasteiger partial charge in [0.1, 0.15) is 17.6 Å². The summed E-state index contributed by atoms with van der Waals surface area (Å²) in [5, 5.41) is 2.77. The van der Waals surface area contributed by atoms with E-state index in [1.807, 2.05) is 0 Å². The third kappa shape index (κ3) is 4.29. The Morgan fingerprint density at radius 1 is 1.23 bits per heavy atom. The molecule has 138 valence electrons. The van der Waals surface area contributed by atoms with Gasteiger partial charge in [-0.15, -0.1) is 0 Å². The molecule has 1 atom stereocenters. The molecule has 0 spiro atoms. The number of benzene rings is 2. The standard InChI is InChI=1S/C19H19F2NO4/c1-24-14-7-4-12(5-8-14)15-11-13(6-9-16(15)26-19(20)21)22-18(23)17-3-2-10-25-17/h4-9,11,17,19H,2-3,10H2,1H3,(H,22,23). The average Bonchev–Trinajstić information content (AvgIpc) is 3.17. The Bertz CT molecular complexity index is 759. The molecule has 5 nitrogen and oxygen atoms in total. The fourth-order valence-corrected chi connectivity index (χ4v) is 2.81. The summed E-state index contributed by atoms with van der Waals surface area (Å²) in [6.45, 7) is -2.38. The molecule has 0 radical (unpaired) electrons. The zero-order valence-electron chi connectivity index (χ0n) is 14.2. The van der Waals surface area contributed by atoms with E-state index in [2.05, 4.69) is 10.1 Å². The van der Waals surface area contributed by atoms with Gasteiger partial charge in [0.05, 0.1) is 7.11 Å². The zero-order valence-corrected chi connectivity index (χ0v) is 14.2. The smallest absolute Gasteiger partial charge is 0.387 e. The number of carbonyl (C=O) groups is 1. The molecule has 1 amide bonds. The summed E-state index contributed by atoms with van der Waals surface area (Å²) in [6.07, 6.45) is 1.04. The van der Waals surface area contributed by atoms with Crippen molar-refractivity contribution in [3.05, 3.63) is 42.5 Å². The van der Waals surface area contributed by atoms with Crippen LogP contribution in [0.1, 0.15) is 12.8 Å². The molecular weight excluding hydrogens is 344 g/mol. The minimum absolute atomic E-state index is 0.0280. The second-order valence-electron chi connectivity index (χ2n) is 5.81. The number of nitrogens with one attached hydrogen (secondary N) is 1. The van der Waals surface area contributed by atoms with Crippen LogP contribution in [0.3, 0.4) is 0 Å². The predicted molar refractivity (Wildman–Crippen MR) is 92.7 cm³/mol. The van der Waals surface area contributed by atoms with Gasteiger partial charge in [0.15, 0.2) is 0 Å². The quantitative estimate of drug-likeness (QED) is 0.840. The molecule has 1 saturated heterocycles. The SMILES string of the molecule is COc1ccc(-c2cc(NC(=O)C3CCCO3)ccc2OC(F)F)cc1. The van der Waals surface area contributed by atoms with Crippen LogP contribution in [0.5, 0.6) is 11.5 Å². The Labute approximate surface area is 149 Å². The third-order valence-electron chi connectivity index (χ3n) is 4.09. The molecule has 1 N–H and O–H groups in total. The van der Waals surface area contributed by atoms with E-state index in [1.54, 1.807) is 37.4 Å². The molecule has 0 saturated carbocycles. The van der Waals surface area contributed by atoms with E-state index < -0.39 is 12.7 Å². The van der Waals surface area contributed by atoms with E-state index in [4.69, 9.17) is 9.47 Å². The molecule has 3 rings (SSSR count). The Kier molecular flexibility index (Phi) is 5.68. The Balaban J connectivity index is 1.88. The van der Waals surface area contributed by atoms with E-state index >= 15 is 0 Å². The first kappa shape index (κ1) is 18.1. The third-order valence-corrected chi connectivity index (χ3v) is 4.09. The van der Waals surface area contributed by atoms with Crippen LogP contribution in [0.25, 0.3) is 11.1 Å². The van der Waals surface area contributed by atoms with Gasteiger partial charge >= 0.3 is 6.61 Å². The van der Waals surface area contributed by atoms with Crippen molar-refractivity contribution in [1.82, 2.24) is 0 Å². The molecular formula is C19H19F2NO4. The van der Waals surface area contributed by atoms with Gasteiger partial charge in [-0.2, -0.15) is 8.78 Å². The molecule has 7 heteroatoms. The molecule has 1 aliphatic heterocycles. The summed E-state index contributed by atoms with van der Waals surface area (Å²) in [4.78, 5) is 12.2. The van der Waals surface area contributed by atoms with Crippen LogP contribution in [0, 0.1) is 0 Å². The highest BCUT2D eigenvalue weighted by molar-refractivity contribution is 5.95. The molecule has 0 bridgehead atoms. The fourth-order valence-electron chi connectivity index (χ4n) is 2.81. The summed E-state index contributed by atoms with van der Waals surface area (Å²) in [5.41, 5.74) is 1.59. The fraction of sp³-hybridized carbons (Fsp3) is 0.316. The van der Waals surface area contributed by atoms with Crippen molar-refractivity contribution in [1.29, 1.82) is 0 Å². The lowest BCUT2D eigenvalue weighted by Crippen LogP contribution is -2.26. The molecule has 1 heterocycles. The number of ether oxygens (including phenoxy) is 3. The van der Waals surface area contributed by atoms with Crippen LogP contribution in [0.2, 0.25) is 0 Å². The van der Waals surface area contributed by atoms with Gasteiger partial charge in [0.25, 0.3) is 5.91 Å². The largest absolute Gasteiger partial charge is 0.497 e. The minimum Gasteiger partial charge on any atom is -0.497 e. The van der Waals surface area contributed by atoms with Crippen LogP contribution in [-0.2, 0) is 9.53 Å². The van der Waals surface area contributed by atoms with Crippen molar-refractivity contribution >= 4 is 11.6 Å². The second-order valence-corrected chi connectivity index (χ2v) is 5.81. The molecule has 1 aliphatic rings. The van der Waals surface area contributed by atoms with Gasteiger partial charge in [0, 0.05) is 17.9 Å². The number of anilines is 1. The highest BCUT2D eigenvalue weighted by Gasteiger charge is 2.24. The molecule has 2 aromatic carbocycles. The molecule has 1 fully saturated rings. The molecule has 1 unspecified atom stereocenters. The summed E-state index contributed by atoms with van der Waals surface area (Å²) in [5.74, 6) is 0.430.